The summed E-state index contributed by atoms with van der Waals surface area (Å²) in [4.78, 5) is 18.1. The van der Waals surface area contributed by atoms with Crippen LogP contribution in [-0.2, 0) is 10.0 Å². The Morgan fingerprint density at radius 3 is 2.29 bits per heavy atom. The lowest BCUT2D eigenvalue weighted by molar-refractivity contribution is 0.102. The Morgan fingerprint density at radius 2 is 1.64 bits per heavy atom. The number of hydrogen-bond donors (Lipinski definition) is 5. The number of sulfonamides is 1. The van der Waals surface area contributed by atoms with Gasteiger partial charge >= 0.3 is 0 Å². The zero-order chi connectivity index (χ0) is 30.5. The molecule has 0 aliphatic rings. The monoisotopic (exact) mass is 623 g/mol. The first kappa shape index (κ1) is 31.7. The van der Waals surface area contributed by atoms with Crippen LogP contribution in [0, 0.1) is 0 Å². The Bertz CT molecular complexity index is 1610. The standard InChI is InChI=1S/C31H37N5O3S3/c1-20(2)32-19-28(40)34-23-13-11-22(12-14-23)30-33-18-26(41-30)25-16-15-24(35-29(37)21-9-7-6-8-10-21)17-27(25)42(38,39)36-31(3,4)5/h6-18,20,28,32,34,36,40H,19H2,1-5H3,(H,35,37). The van der Waals surface area contributed by atoms with Crippen molar-refractivity contribution in [3.63, 3.8) is 0 Å². The van der Waals surface area contributed by atoms with Crippen molar-refractivity contribution in [3.05, 3.63) is 84.6 Å². The van der Waals surface area contributed by atoms with E-state index in [4.69, 9.17) is 0 Å². The smallest absolute Gasteiger partial charge is 0.255 e. The molecule has 0 saturated heterocycles. The molecule has 3 aromatic carbocycles. The fraction of sp³-hybridized carbons (Fsp3) is 0.290. The lowest BCUT2D eigenvalue weighted by Crippen LogP contribution is -2.40. The number of hydrogen-bond acceptors (Lipinski definition) is 8. The third-order valence-electron chi connectivity index (χ3n) is 5.96. The van der Waals surface area contributed by atoms with Crippen LogP contribution in [0.2, 0.25) is 0 Å². The number of amides is 1. The number of carbonyl (C=O) groups excluding carboxylic acids is 1. The van der Waals surface area contributed by atoms with Gasteiger partial charge in [-0.25, -0.2) is 18.1 Å². The van der Waals surface area contributed by atoms with Gasteiger partial charge in [0.05, 0.1) is 15.1 Å². The summed E-state index contributed by atoms with van der Waals surface area (Å²) in [5.74, 6) is -0.325. The van der Waals surface area contributed by atoms with E-state index in [0.29, 0.717) is 27.7 Å². The van der Waals surface area contributed by atoms with Gasteiger partial charge < -0.3 is 16.0 Å². The van der Waals surface area contributed by atoms with E-state index in [0.717, 1.165) is 22.8 Å². The molecule has 222 valence electrons. The van der Waals surface area contributed by atoms with Crippen molar-refractivity contribution < 1.29 is 13.2 Å². The van der Waals surface area contributed by atoms with Crippen LogP contribution in [0.3, 0.4) is 0 Å². The Labute approximate surface area is 257 Å². The van der Waals surface area contributed by atoms with Crippen molar-refractivity contribution in [2.24, 2.45) is 0 Å². The topological polar surface area (TPSA) is 112 Å². The molecule has 1 aromatic heterocycles. The number of benzene rings is 3. The number of aromatic nitrogens is 1. The second kappa shape index (κ2) is 13.4. The first-order chi connectivity index (χ1) is 19.8. The SMILES string of the molecule is CC(C)NCC(S)Nc1ccc(-c2ncc(-c3ccc(NC(=O)c4ccccc4)cc3S(=O)(=O)NC(C)(C)C)s2)cc1. The van der Waals surface area contributed by atoms with Crippen molar-refractivity contribution in [3.8, 4) is 21.0 Å². The van der Waals surface area contributed by atoms with E-state index in [1.165, 1.54) is 17.4 Å². The summed E-state index contributed by atoms with van der Waals surface area (Å²) >= 11 is 6.00. The molecule has 0 bridgehead atoms. The third kappa shape index (κ3) is 8.65. The third-order valence-corrected chi connectivity index (χ3v) is 9.15. The Kier molecular flexibility index (Phi) is 10.1. The number of nitrogens with zero attached hydrogens (tertiary/aromatic N) is 1. The van der Waals surface area contributed by atoms with Gasteiger partial charge in [-0.1, -0.05) is 38.1 Å². The summed E-state index contributed by atoms with van der Waals surface area (Å²) in [6, 6.07) is 22.0. The number of rotatable bonds is 11. The summed E-state index contributed by atoms with van der Waals surface area (Å²) in [6.07, 6.45) is 1.68. The van der Waals surface area contributed by atoms with Gasteiger partial charge in [0, 0.05) is 52.4 Å². The molecule has 1 atom stereocenters. The highest BCUT2D eigenvalue weighted by Gasteiger charge is 2.26. The normalized spacial score (nSPS) is 12.7. The maximum absolute atomic E-state index is 13.6. The molecule has 1 amide bonds. The van der Waals surface area contributed by atoms with E-state index in [2.05, 4.69) is 52.1 Å². The molecule has 11 heteroatoms. The summed E-state index contributed by atoms with van der Waals surface area (Å²) in [7, 11) is -3.95. The van der Waals surface area contributed by atoms with E-state index in [1.54, 1.807) is 63.4 Å². The van der Waals surface area contributed by atoms with Crippen molar-refractivity contribution in [1.29, 1.82) is 0 Å². The summed E-state index contributed by atoms with van der Waals surface area (Å²) in [6.45, 7) is 10.3. The molecular formula is C31H37N5O3S3. The van der Waals surface area contributed by atoms with Crippen LogP contribution in [0.1, 0.15) is 45.0 Å². The molecule has 0 aliphatic carbocycles. The fourth-order valence-corrected chi connectivity index (χ4v) is 7.05. The molecule has 0 radical (unpaired) electrons. The van der Waals surface area contributed by atoms with E-state index in [9.17, 15) is 13.2 Å². The maximum atomic E-state index is 13.6. The predicted octanol–water partition coefficient (Wildman–Crippen LogP) is 6.47. The van der Waals surface area contributed by atoms with Crippen molar-refractivity contribution in [2.45, 2.75) is 56.5 Å². The average Bonchev–Trinajstić information content (AvgIpc) is 3.42. The van der Waals surface area contributed by atoms with Crippen LogP contribution in [0.4, 0.5) is 11.4 Å². The van der Waals surface area contributed by atoms with Gasteiger partial charge in [-0.05, 0) is 69.3 Å². The maximum Gasteiger partial charge on any atom is 0.255 e. The molecule has 42 heavy (non-hydrogen) atoms. The zero-order valence-electron chi connectivity index (χ0n) is 24.3. The minimum atomic E-state index is -3.95. The van der Waals surface area contributed by atoms with Crippen molar-refractivity contribution in [2.75, 3.05) is 17.2 Å². The second-order valence-corrected chi connectivity index (χ2v) is 14.5. The molecule has 1 heterocycles. The van der Waals surface area contributed by atoms with Gasteiger partial charge in [0.2, 0.25) is 10.0 Å². The molecule has 4 rings (SSSR count). The molecule has 4 N–H and O–H groups in total. The number of carbonyl (C=O) groups is 1. The van der Waals surface area contributed by atoms with Gasteiger partial charge in [-0.3, -0.25) is 4.79 Å². The molecule has 0 spiro atoms. The van der Waals surface area contributed by atoms with Crippen molar-refractivity contribution >= 4 is 51.3 Å². The van der Waals surface area contributed by atoms with Gasteiger partial charge in [0.15, 0.2) is 0 Å². The second-order valence-electron chi connectivity index (χ2n) is 11.2. The predicted molar refractivity (Wildman–Crippen MR) is 177 cm³/mol. The molecule has 8 nitrogen and oxygen atoms in total. The van der Waals surface area contributed by atoms with Gasteiger partial charge in [-0.15, -0.1) is 11.3 Å². The zero-order valence-corrected chi connectivity index (χ0v) is 26.8. The quantitative estimate of drug-likeness (QED) is 0.0967. The number of thiazole rings is 1. The Morgan fingerprint density at radius 1 is 0.976 bits per heavy atom. The summed E-state index contributed by atoms with van der Waals surface area (Å²) < 4.78 is 29.9. The molecule has 4 aromatic rings. The highest BCUT2D eigenvalue weighted by Crippen LogP contribution is 2.37. The van der Waals surface area contributed by atoms with Gasteiger partial charge in [-0.2, -0.15) is 12.6 Å². The lowest BCUT2D eigenvalue weighted by atomic mass is 10.1. The van der Waals surface area contributed by atoms with E-state index in [1.807, 2.05) is 30.3 Å². The largest absolute Gasteiger partial charge is 0.372 e. The molecular weight excluding hydrogens is 587 g/mol. The van der Waals surface area contributed by atoms with Crippen LogP contribution < -0.4 is 20.7 Å². The first-order valence-electron chi connectivity index (χ1n) is 13.6. The van der Waals surface area contributed by atoms with Crippen molar-refractivity contribution in [1.82, 2.24) is 15.0 Å². The molecule has 0 aliphatic heterocycles. The van der Waals surface area contributed by atoms with E-state index >= 15 is 0 Å². The molecule has 0 saturated carbocycles. The Balaban J connectivity index is 1.61. The number of thiol groups is 1. The van der Waals surface area contributed by atoms with Crippen LogP contribution >= 0.6 is 24.0 Å². The summed E-state index contributed by atoms with van der Waals surface area (Å²) in [5, 5.41) is 10.3. The molecule has 0 fully saturated rings. The first-order valence-corrected chi connectivity index (χ1v) is 16.4. The van der Waals surface area contributed by atoms with Crippen LogP contribution in [0.5, 0.6) is 0 Å². The van der Waals surface area contributed by atoms with Gasteiger partial charge in [0.25, 0.3) is 5.91 Å². The Hall–Kier alpha value is -3.22. The van der Waals surface area contributed by atoms with Crippen LogP contribution in [-0.4, -0.2) is 42.8 Å². The van der Waals surface area contributed by atoms with Crippen LogP contribution in [0.25, 0.3) is 21.0 Å². The number of nitrogens with one attached hydrogen (secondary N) is 4. The molecule has 1 unspecified atom stereocenters. The lowest BCUT2D eigenvalue weighted by Gasteiger charge is -2.22. The van der Waals surface area contributed by atoms with E-state index < -0.39 is 15.6 Å². The number of anilines is 2. The minimum absolute atomic E-state index is 0.0350. The fourth-order valence-electron chi connectivity index (χ4n) is 4.11. The highest BCUT2D eigenvalue weighted by atomic mass is 32.2. The summed E-state index contributed by atoms with van der Waals surface area (Å²) in [5.41, 5.74) is 2.50. The minimum Gasteiger partial charge on any atom is -0.372 e. The van der Waals surface area contributed by atoms with Crippen LogP contribution in [0.15, 0.2) is 83.9 Å². The average molecular weight is 624 g/mol. The van der Waals surface area contributed by atoms with Gasteiger partial charge in [0.1, 0.15) is 5.01 Å². The highest BCUT2D eigenvalue weighted by molar-refractivity contribution is 7.89. The van der Waals surface area contributed by atoms with E-state index in [-0.39, 0.29) is 16.2 Å².